The van der Waals surface area contributed by atoms with Gasteiger partial charge in [-0.3, -0.25) is 0 Å². The number of halogens is 3. The van der Waals surface area contributed by atoms with Gasteiger partial charge in [0.1, 0.15) is 6.10 Å². The number of hydrogen-bond acceptors (Lipinski definition) is 3. The first-order chi connectivity index (χ1) is 10.2. The summed E-state index contributed by atoms with van der Waals surface area (Å²) in [6.45, 7) is 4.23. The average molecular weight is 320 g/mol. The molecule has 1 N–H and O–H groups in total. The normalized spacial score (nSPS) is 35.1. The van der Waals surface area contributed by atoms with Crippen molar-refractivity contribution in [3.8, 4) is 0 Å². The lowest BCUT2D eigenvalue weighted by atomic mass is 9.60. The van der Waals surface area contributed by atoms with Crippen molar-refractivity contribution >= 4 is 5.97 Å². The van der Waals surface area contributed by atoms with Crippen LogP contribution in [0.1, 0.15) is 45.4 Å². The van der Waals surface area contributed by atoms with Crippen molar-refractivity contribution in [2.45, 2.75) is 63.3 Å². The van der Waals surface area contributed by atoms with Crippen molar-refractivity contribution in [1.82, 2.24) is 0 Å². The fourth-order valence-corrected chi connectivity index (χ4v) is 4.17. The van der Waals surface area contributed by atoms with E-state index in [4.69, 9.17) is 4.74 Å². The number of alkyl halides is 3. The van der Waals surface area contributed by atoms with Crippen molar-refractivity contribution in [2.24, 2.45) is 17.8 Å². The number of hydrogen-bond donors (Lipinski definition) is 1. The Hall–Kier alpha value is -1.04. The molecule has 0 bridgehead atoms. The van der Waals surface area contributed by atoms with E-state index in [0.29, 0.717) is 12.8 Å². The van der Waals surface area contributed by atoms with Gasteiger partial charge in [0.15, 0.2) is 5.60 Å². The lowest BCUT2D eigenvalue weighted by Crippen LogP contribution is -2.56. The highest BCUT2D eigenvalue weighted by atomic mass is 19.4. The summed E-state index contributed by atoms with van der Waals surface area (Å²) < 4.78 is 44.9. The molecule has 0 aromatic heterocycles. The third-order valence-electron chi connectivity index (χ3n) is 5.36. The van der Waals surface area contributed by atoms with E-state index in [1.807, 2.05) is 0 Å². The van der Waals surface area contributed by atoms with Gasteiger partial charge in [-0.1, -0.05) is 19.4 Å². The van der Waals surface area contributed by atoms with Crippen LogP contribution in [0.5, 0.6) is 0 Å². The van der Waals surface area contributed by atoms with Crippen LogP contribution in [-0.2, 0) is 9.53 Å². The number of esters is 1. The van der Waals surface area contributed by atoms with Crippen molar-refractivity contribution < 1.29 is 27.8 Å². The Morgan fingerprint density at radius 1 is 1.18 bits per heavy atom. The summed E-state index contributed by atoms with van der Waals surface area (Å²) in [7, 11) is 0. The van der Waals surface area contributed by atoms with Gasteiger partial charge in [0.05, 0.1) is 0 Å². The van der Waals surface area contributed by atoms with Crippen LogP contribution in [0, 0.1) is 17.8 Å². The van der Waals surface area contributed by atoms with Crippen LogP contribution in [0.2, 0.25) is 0 Å². The first kappa shape index (κ1) is 17.3. The molecule has 2 aliphatic rings. The maximum atomic E-state index is 13.2. The molecule has 0 aromatic carbocycles. The fraction of sp³-hybridized carbons (Fsp3) is 0.812. The summed E-state index contributed by atoms with van der Waals surface area (Å²) in [5, 5.41) is 10.1. The Morgan fingerprint density at radius 3 is 2.32 bits per heavy atom. The minimum atomic E-state index is -4.65. The predicted molar refractivity (Wildman–Crippen MR) is 74.9 cm³/mol. The van der Waals surface area contributed by atoms with E-state index in [-0.39, 0.29) is 24.4 Å². The summed E-state index contributed by atoms with van der Waals surface area (Å²) in [5.74, 6) is -1.74. The van der Waals surface area contributed by atoms with E-state index in [9.17, 15) is 23.1 Å². The maximum Gasteiger partial charge on any atom is 0.417 e. The molecule has 2 aliphatic carbocycles. The Bertz CT molecular complexity index is 431. The summed E-state index contributed by atoms with van der Waals surface area (Å²) in [4.78, 5) is 11.4. The van der Waals surface area contributed by atoms with Crippen LogP contribution in [0.4, 0.5) is 13.2 Å². The SMILES string of the molecule is C=CC(=O)OC1CCC(C(C)(O)C(F)(F)F)C2CCCCC12. The van der Waals surface area contributed by atoms with Gasteiger partial charge < -0.3 is 9.84 Å². The van der Waals surface area contributed by atoms with E-state index in [1.165, 1.54) is 0 Å². The minimum Gasteiger partial charge on any atom is -0.459 e. The molecule has 5 unspecified atom stereocenters. The highest BCUT2D eigenvalue weighted by Gasteiger charge is 2.59. The molecule has 0 aromatic rings. The molecule has 5 atom stereocenters. The predicted octanol–water partition coefficient (Wildman–Crippen LogP) is 3.61. The molecule has 2 rings (SSSR count). The maximum absolute atomic E-state index is 13.2. The van der Waals surface area contributed by atoms with E-state index in [0.717, 1.165) is 32.3 Å². The van der Waals surface area contributed by atoms with Gasteiger partial charge in [0, 0.05) is 6.08 Å². The monoisotopic (exact) mass is 320 g/mol. The molecule has 0 spiro atoms. The smallest absolute Gasteiger partial charge is 0.417 e. The topological polar surface area (TPSA) is 46.5 Å². The summed E-state index contributed by atoms with van der Waals surface area (Å²) >= 11 is 0. The van der Waals surface area contributed by atoms with E-state index >= 15 is 0 Å². The molecule has 3 nitrogen and oxygen atoms in total. The lowest BCUT2D eigenvalue weighted by Gasteiger charge is -2.50. The van der Waals surface area contributed by atoms with Crippen molar-refractivity contribution in [1.29, 1.82) is 0 Å². The van der Waals surface area contributed by atoms with Gasteiger partial charge in [-0.25, -0.2) is 4.79 Å². The van der Waals surface area contributed by atoms with Gasteiger partial charge in [-0.15, -0.1) is 0 Å². The molecule has 0 heterocycles. The molecule has 2 saturated carbocycles. The molecular weight excluding hydrogens is 297 g/mol. The Labute approximate surface area is 128 Å². The zero-order chi connectivity index (χ0) is 16.5. The van der Waals surface area contributed by atoms with Crippen LogP contribution < -0.4 is 0 Å². The van der Waals surface area contributed by atoms with Gasteiger partial charge in [-0.05, 0) is 50.4 Å². The van der Waals surface area contributed by atoms with Gasteiger partial charge in [-0.2, -0.15) is 13.2 Å². The minimum absolute atomic E-state index is 0.106. The third-order valence-corrected chi connectivity index (χ3v) is 5.36. The zero-order valence-electron chi connectivity index (χ0n) is 12.7. The highest BCUT2D eigenvalue weighted by Crippen LogP contribution is 2.52. The van der Waals surface area contributed by atoms with Crippen molar-refractivity contribution in [3.05, 3.63) is 12.7 Å². The summed E-state index contributed by atoms with van der Waals surface area (Å²) in [5.41, 5.74) is -2.69. The highest BCUT2D eigenvalue weighted by molar-refractivity contribution is 5.81. The summed E-state index contributed by atoms with van der Waals surface area (Å²) in [6.07, 6.45) is -0.206. The van der Waals surface area contributed by atoms with Crippen molar-refractivity contribution in [2.75, 3.05) is 0 Å². The fourth-order valence-electron chi connectivity index (χ4n) is 4.17. The van der Waals surface area contributed by atoms with E-state index < -0.39 is 23.7 Å². The molecule has 126 valence electrons. The second-order valence-corrected chi connectivity index (χ2v) is 6.62. The van der Waals surface area contributed by atoms with Crippen LogP contribution in [0.25, 0.3) is 0 Å². The van der Waals surface area contributed by atoms with Crippen LogP contribution in [0.15, 0.2) is 12.7 Å². The summed E-state index contributed by atoms with van der Waals surface area (Å²) in [6, 6.07) is 0. The largest absolute Gasteiger partial charge is 0.459 e. The van der Waals surface area contributed by atoms with E-state index in [1.54, 1.807) is 0 Å². The first-order valence-corrected chi connectivity index (χ1v) is 7.80. The average Bonchev–Trinajstić information content (AvgIpc) is 2.46. The van der Waals surface area contributed by atoms with E-state index in [2.05, 4.69) is 6.58 Å². The Morgan fingerprint density at radius 2 is 1.77 bits per heavy atom. The standard InChI is InChI=1S/C16H23F3O3/c1-3-14(20)22-13-9-8-12(15(2,21)16(17,18)19)10-6-4-5-7-11(10)13/h3,10-13,21H,1,4-9H2,2H3. The van der Waals surface area contributed by atoms with Crippen LogP contribution in [0.3, 0.4) is 0 Å². The second kappa shape index (κ2) is 6.22. The van der Waals surface area contributed by atoms with Crippen LogP contribution >= 0.6 is 0 Å². The first-order valence-electron chi connectivity index (χ1n) is 7.80. The lowest BCUT2D eigenvalue weighted by molar-refractivity contribution is -0.287. The molecule has 2 fully saturated rings. The number of fused-ring (bicyclic) bond motifs is 1. The van der Waals surface area contributed by atoms with Gasteiger partial charge >= 0.3 is 12.1 Å². The number of ether oxygens (including phenoxy) is 1. The second-order valence-electron chi connectivity index (χ2n) is 6.62. The molecule has 0 saturated heterocycles. The number of carbonyl (C=O) groups excluding carboxylic acids is 1. The molecule has 0 amide bonds. The molecule has 22 heavy (non-hydrogen) atoms. The third kappa shape index (κ3) is 3.16. The van der Waals surface area contributed by atoms with Crippen molar-refractivity contribution in [3.63, 3.8) is 0 Å². The number of rotatable bonds is 3. The van der Waals surface area contributed by atoms with Gasteiger partial charge in [0.25, 0.3) is 0 Å². The Balaban J connectivity index is 2.20. The van der Waals surface area contributed by atoms with Gasteiger partial charge in [0.2, 0.25) is 0 Å². The molecular formula is C16H23F3O3. The quantitative estimate of drug-likeness (QED) is 0.638. The Kier molecular flexibility index (Phi) is 4.90. The number of carbonyl (C=O) groups is 1. The number of aliphatic hydroxyl groups is 1. The zero-order valence-corrected chi connectivity index (χ0v) is 12.7. The van der Waals surface area contributed by atoms with Crippen LogP contribution in [-0.4, -0.2) is 29.0 Å². The molecule has 0 aliphatic heterocycles. The molecule has 6 heteroatoms. The molecule has 0 radical (unpaired) electrons.